The molecule has 5 N–H and O–H groups in total. The molecule has 0 spiro atoms. The zero-order valence-electron chi connectivity index (χ0n) is 11.7. The minimum Gasteiger partial charge on any atom is -0.351 e. The van der Waals surface area contributed by atoms with Crippen molar-refractivity contribution >= 4 is 5.91 Å². The van der Waals surface area contributed by atoms with Gasteiger partial charge in [0.2, 0.25) is 5.91 Å². The number of fused-ring (bicyclic) bond motifs is 2. The molecule has 2 unspecified atom stereocenters. The second-order valence-electron chi connectivity index (χ2n) is 7.05. The summed E-state index contributed by atoms with van der Waals surface area (Å²) in [6.45, 7) is 0. The molecule has 19 heavy (non-hydrogen) atoms. The number of rotatable bonds is 2. The topological polar surface area (TPSA) is 81.1 Å². The molecule has 3 saturated carbocycles. The number of amides is 1. The van der Waals surface area contributed by atoms with Gasteiger partial charge in [0, 0.05) is 12.1 Å². The number of carbonyl (C=O) groups excluding carboxylic acids is 1. The van der Waals surface area contributed by atoms with E-state index in [1.165, 1.54) is 19.3 Å². The highest BCUT2D eigenvalue weighted by atomic mass is 16.2. The molecule has 0 aromatic heterocycles. The van der Waals surface area contributed by atoms with Crippen LogP contribution in [0.15, 0.2) is 0 Å². The van der Waals surface area contributed by atoms with Gasteiger partial charge in [-0.3, -0.25) is 4.79 Å². The minimum atomic E-state index is -0.589. The normalized spacial score (nSPS) is 40.9. The highest BCUT2D eigenvalue weighted by Crippen LogP contribution is 2.40. The highest BCUT2D eigenvalue weighted by molar-refractivity contribution is 5.86. The van der Waals surface area contributed by atoms with E-state index < -0.39 is 5.54 Å². The molecule has 0 aromatic carbocycles. The Bertz CT molecular complexity index is 337. The average Bonchev–Trinajstić information content (AvgIpc) is 2.79. The molecule has 4 heteroatoms. The fourth-order valence-corrected chi connectivity index (χ4v) is 4.55. The first kappa shape index (κ1) is 13.4. The molecule has 0 saturated heterocycles. The van der Waals surface area contributed by atoms with E-state index in [0.29, 0.717) is 23.9 Å². The Hall–Kier alpha value is -0.610. The Balaban J connectivity index is 1.67. The zero-order chi connectivity index (χ0) is 13.5. The second-order valence-corrected chi connectivity index (χ2v) is 7.05. The van der Waals surface area contributed by atoms with Crippen LogP contribution in [0.5, 0.6) is 0 Å². The number of carbonyl (C=O) groups is 1. The Morgan fingerprint density at radius 3 is 2.21 bits per heavy atom. The first-order valence-electron chi connectivity index (χ1n) is 7.94. The maximum Gasteiger partial charge on any atom is 0.240 e. The summed E-state index contributed by atoms with van der Waals surface area (Å²) in [6.07, 6.45) is 9.74. The Morgan fingerprint density at radius 2 is 1.63 bits per heavy atom. The first-order valence-corrected chi connectivity index (χ1v) is 7.94. The Morgan fingerprint density at radius 1 is 1.05 bits per heavy atom. The van der Waals surface area contributed by atoms with Crippen LogP contribution in [0.4, 0.5) is 0 Å². The van der Waals surface area contributed by atoms with Crippen LogP contribution in [0.25, 0.3) is 0 Å². The van der Waals surface area contributed by atoms with Gasteiger partial charge < -0.3 is 16.8 Å². The van der Waals surface area contributed by atoms with Crippen molar-refractivity contribution in [1.82, 2.24) is 5.32 Å². The van der Waals surface area contributed by atoms with E-state index >= 15 is 0 Å². The molecule has 1 amide bonds. The summed E-state index contributed by atoms with van der Waals surface area (Å²) in [5, 5.41) is 3.30. The van der Waals surface area contributed by atoms with Crippen molar-refractivity contribution in [3.63, 3.8) is 0 Å². The molecule has 0 aliphatic heterocycles. The molecular weight excluding hydrogens is 238 g/mol. The number of nitrogens with two attached hydrogens (primary N) is 2. The van der Waals surface area contributed by atoms with Gasteiger partial charge >= 0.3 is 0 Å². The summed E-state index contributed by atoms with van der Waals surface area (Å²) in [5.74, 6) is 1.26. The molecule has 2 bridgehead atoms. The molecule has 3 rings (SSSR count). The molecule has 0 aromatic rings. The summed E-state index contributed by atoms with van der Waals surface area (Å²) in [4.78, 5) is 12.5. The number of hydrogen-bond acceptors (Lipinski definition) is 3. The third kappa shape index (κ3) is 2.52. The van der Waals surface area contributed by atoms with Crippen LogP contribution in [0.3, 0.4) is 0 Å². The van der Waals surface area contributed by atoms with Crippen LogP contribution in [0.2, 0.25) is 0 Å². The molecule has 3 aliphatic rings. The highest BCUT2D eigenvalue weighted by Gasteiger charge is 2.43. The van der Waals surface area contributed by atoms with Crippen molar-refractivity contribution in [3.8, 4) is 0 Å². The molecule has 3 fully saturated rings. The zero-order valence-corrected chi connectivity index (χ0v) is 11.7. The largest absolute Gasteiger partial charge is 0.351 e. The van der Waals surface area contributed by atoms with Crippen LogP contribution < -0.4 is 16.8 Å². The van der Waals surface area contributed by atoms with Gasteiger partial charge in [-0.05, 0) is 50.4 Å². The van der Waals surface area contributed by atoms with Crippen LogP contribution in [0.1, 0.15) is 57.8 Å². The van der Waals surface area contributed by atoms with Crippen molar-refractivity contribution in [2.24, 2.45) is 23.3 Å². The van der Waals surface area contributed by atoms with Crippen LogP contribution in [-0.4, -0.2) is 23.5 Å². The van der Waals surface area contributed by atoms with Crippen molar-refractivity contribution in [2.75, 3.05) is 0 Å². The van der Waals surface area contributed by atoms with E-state index in [-0.39, 0.29) is 5.91 Å². The van der Waals surface area contributed by atoms with Crippen LogP contribution in [-0.2, 0) is 4.79 Å². The van der Waals surface area contributed by atoms with Gasteiger partial charge in [0.05, 0.1) is 5.54 Å². The van der Waals surface area contributed by atoms with Gasteiger partial charge in [-0.15, -0.1) is 0 Å². The van der Waals surface area contributed by atoms with E-state index in [2.05, 4.69) is 5.32 Å². The summed E-state index contributed by atoms with van der Waals surface area (Å²) in [5.41, 5.74) is 11.8. The summed E-state index contributed by atoms with van der Waals surface area (Å²) in [7, 11) is 0. The van der Waals surface area contributed by atoms with Crippen molar-refractivity contribution in [1.29, 1.82) is 0 Å². The molecule has 0 heterocycles. The number of nitrogens with one attached hydrogen (secondary N) is 1. The molecular formula is C15H27N3O. The Labute approximate surface area is 115 Å². The first-order chi connectivity index (χ1) is 9.08. The van der Waals surface area contributed by atoms with E-state index in [4.69, 9.17) is 11.5 Å². The summed E-state index contributed by atoms with van der Waals surface area (Å²) >= 11 is 0. The molecule has 0 radical (unpaired) electrons. The fourth-order valence-electron chi connectivity index (χ4n) is 4.55. The minimum absolute atomic E-state index is 0.0994. The van der Waals surface area contributed by atoms with Crippen molar-refractivity contribution < 1.29 is 4.79 Å². The lowest BCUT2D eigenvalue weighted by molar-refractivity contribution is -0.128. The summed E-state index contributed by atoms with van der Waals surface area (Å²) in [6, 6.07) is 0.670. The smallest absolute Gasteiger partial charge is 0.240 e. The summed E-state index contributed by atoms with van der Waals surface area (Å²) < 4.78 is 0. The van der Waals surface area contributed by atoms with Gasteiger partial charge in [-0.25, -0.2) is 0 Å². The lowest BCUT2D eigenvalue weighted by Crippen LogP contribution is -2.60. The van der Waals surface area contributed by atoms with Crippen molar-refractivity contribution in [3.05, 3.63) is 0 Å². The standard InChI is InChI=1S/C15H27N3O/c16-12-8-10-4-3-5-11(9-12)13(10)18-14(19)15(17)6-1-2-7-15/h10-13H,1-9,16-17H2,(H,18,19). The van der Waals surface area contributed by atoms with Crippen molar-refractivity contribution in [2.45, 2.75) is 75.4 Å². The quantitative estimate of drug-likeness (QED) is 0.703. The third-order valence-corrected chi connectivity index (χ3v) is 5.62. The van der Waals surface area contributed by atoms with Gasteiger partial charge in [0.25, 0.3) is 0 Å². The predicted octanol–water partition coefficient (Wildman–Crippen LogP) is 1.28. The molecule has 2 atom stereocenters. The second kappa shape index (κ2) is 5.06. The SMILES string of the molecule is NC1CC2CCCC(C1)C2NC(=O)C1(N)CCCC1. The van der Waals surface area contributed by atoms with Gasteiger partial charge in [0.15, 0.2) is 0 Å². The van der Waals surface area contributed by atoms with Gasteiger partial charge in [-0.2, -0.15) is 0 Å². The number of hydrogen-bond donors (Lipinski definition) is 3. The monoisotopic (exact) mass is 265 g/mol. The predicted molar refractivity (Wildman–Crippen MR) is 75.4 cm³/mol. The maximum absolute atomic E-state index is 12.5. The lowest BCUT2D eigenvalue weighted by atomic mass is 9.67. The fraction of sp³-hybridized carbons (Fsp3) is 0.933. The van der Waals surface area contributed by atoms with E-state index in [1.807, 2.05) is 0 Å². The van der Waals surface area contributed by atoms with E-state index in [9.17, 15) is 4.79 Å². The lowest BCUT2D eigenvalue weighted by Gasteiger charge is -2.46. The molecule has 108 valence electrons. The van der Waals surface area contributed by atoms with Crippen LogP contribution in [0, 0.1) is 11.8 Å². The molecule has 3 aliphatic carbocycles. The average molecular weight is 265 g/mol. The third-order valence-electron chi connectivity index (χ3n) is 5.62. The molecule has 4 nitrogen and oxygen atoms in total. The van der Waals surface area contributed by atoms with E-state index in [1.54, 1.807) is 0 Å². The van der Waals surface area contributed by atoms with Gasteiger partial charge in [0.1, 0.15) is 0 Å². The van der Waals surface area contributed by atoms with Crippen LogP contribution >= 0.6 is 0 Å². The van der Waals surface area contributed by atoms with E-state index in [0.717, 1.165) is 38.5 Å². The maximum atomic E-state index is 12.5. The Kier molecular flexibility index (Phi) is 3.56. The van der Waals surface area contributed by atoms with Gasteiger partial charge in [-0.1, -0.05) is 19.3 Å².